The molecule has 3 rings (SSSR count). The van der Waals surface area contributed by atoms with Crippen LogP contribution >= 0.6 is 15.9 Å². The second-order valence-corrected chi connectivity index (χ2v) is 5.79. The molecule has 0 saturated carbocycles. The van der Waals surface area contributed by atoms with Crippen LogP contribution in [0, 0.1) is 0 Å². The minimum atomic E-state index is -0.0822. The molecule has 2 aromatic rings. The van der Waals surface area contributed by atoms with Crippen LogP contribution in [-0.2, 0) is 13.0 Å². The van der Waals surface area contributed by atoms with Gasteiger partial charge >= 0.3 is 0 Å². The number of hydrogen-bond acceptors (Lipinski definition) is 2. The second-order valence-electron chi connectivity index (χ2n) is 4.87. The van der Waals surface area contributed by atoms with Crippen LogP contribution in [0.25, 0.3) is 0 Å². The summed E-state index contributed by atoms with van der Waals surface area (Å²) in [4.78, 5) is 12.2. The summed E-state index contributed by atoms with van der Waals surface area (Å²) in [5.41, 5.74) is 4.14. The van der Waals surface area contributed by atoms with Crippen molar-refractivity contribution in [1.82, 2.24) is 5.32 Å². The Morgan fingerprint density at radius 2 is 1.90 bits per heavy atom. The summed E-state index contributed by atoms with van der Waals surface area (Å²) >= 11 is 3.36. The summed E-state index contributed by atoms with van der Waals surface area (Å²) in [7, 11) is 0. The smallest absolute Gasteiger partial charge is 0.255 e. The lowest BCUT2D eigenvalue weighted by atomic mass is 10.0. The quantitative estimate of drug-likeness (QED) is 0.886. The van der Waals surface area contributed by atoms with Crippen molar-refractivity contribution in [1.29, 1.82) is 0 Å². The Morgan fingerprint density at radius 3 is 2.70 bits per heavy atom. The van der Waals surface area contributed by atoms with Gasteiger partial charge in [-0.3, -0.25) is 4.79 Å². The first kappa shape index (κ1) is 13.3. The molecule has 1 aliphatic rings. The SMILES string of the molecule is O=C(Nc1ccc2c(c1)CNCC2)c1ccc(Br)cc1. The van der Waals surface area contributed by atoms with E-state index in [1.165, 1.54) is 11.1 Å². The number of rotatable bonds is 2. The molecular formula is C16H15BrN2O. The molecule has 2 aromatic carbocycles. The molecule has 0 atom stereocenters. The molecule has 0 radical (unpaired) electrons. The first-order valence-corrected chi connectivity index (χ1v) is 7.41. The van der Waals surface area contributed by atoms with Gasteiger partial charge in [-0.2, -0.15) is 0 Å². The Morgan fingerprint density at radius 1 is 1.10 bits per heavy atom. The van der Waals surface area contributed by atoms with Crippen LogP contribution in [0.3, 0.4) is 0 Å². The molecule has 0 spiro atoms. The lowest BCUT2D eigenvalue weighted by molar-refractivity contribution is 0.102. The largest absolute Gasteiger partial charge is 0.322 e. The molecule has 0 bridgehead atoms. The lowest BCUT2D eigenvalue weighted by Crippen LogP contribution is -2.23. The second kappa shape index (κ2) is 5.77. The Labute approximate surface area is 126 Å². The molecule has 0 unspecified atom stereocenters. The molecule has 1 aliphatic heterocycles. The zero-order valence-corrected chi connectivity index (χ0v) is 12.5. The average molecular weight is 331 g/mol. The molecule has 4 heteroatoms. The zero-order valence-electron chi connectivity index (χ0n) is 10.9. The number of carbonyl (C=O) groups excluding carboxylic acids is 1. The van der Waals surface area contributed by atoms with Crippen molar-refractivity contribution in [3.05, 3.63) is 63.6 Å². The number of anilines is 1. The maximum absolute atomic E-state index is 12.2. The third-order valence-corrected chi connectivity index (χ3v) is 3.99. The molecule has 0 saturated heterocycles. The number of fused-ring (bicyclic) bond motifs is 1. The van der Waals surface area contributed by atoms with Crippen molar-refractivity contribution in [2.45, 2.75) is 13.0 Å². The fourth-order valence-corrected chi connectivity index (χ4v) is 2.63. The van der Waals surface area contributed by atoms with E-state index in [-0.39, 0.29) is 5.91 Å². The molecule has 1 amide bonds. The Balaban J connectivity index is 1.77. The molecular weight excluding hydrogens is 316 g/mol. The number of benzene rings is 2. The Kier molecular flexibility index (Phi) is 3.85. The van der Waals surface area contributed by atoms with Gasteiger partial charge in [0.05, 0.1) is 0 Å². The van der Waals surface area contributed by atoms with E-state index in [0.717, 1.165) is 29.7 Å². The minimum Gasteiger partial charge on any atom is -0.322 e. The lowest BCUT2D eigenvalue weighted by Gasteiger charge is -2.18. The highest BCUT2D eigenvalue weighted by Gasteiger charge is 2.11. The van der Waals surface area contributed by atoms with Crippen LogP contribution in [0.15, 0.2) is 46.9 Å². The van der Waals surface area contributed by atoms with E-state index in [9.17, 15) is 4.79 Å². The van der Waals surface area contributed by atoms with Gasteiger partial charge in [0.25, 0.3) is 5.91 Å². The Hall–Kier alpha value is -1.65. The number of hydrogen-bond donors (Lipinski definition) is 2. The standard InChI is InChI=1S/C16H15BrN2O/c17-14-4-1-12(2-5-14)16(20)19-15-6-3-11-7-8-18-10-13(11)9-15/h1-6,9,18H,7-8,10H2,(H,19,20). The van der Waals surface area contributed by atoms with E-state index in [1.807, 2.05) is 18.2 Å². The van der Waals surface area contributed by atoms with Crippen LogP contribution < -0.4 is 10.6 Å². The molecule has 2 N–H and O–H groups in total. The summed E-state index contributed by atoms with van der Waals surface area (Å²) in [6.07, 6.45) is 1.05. The fraction of sp³-hybridized carbons (Fsp3) is 0.188. The predicted octanol–water partition coefficient (Wildman–Crippen LogP) is 3.35. The van der Waals surface area contributed by atoms with E-state index < -0.39 is 0 Å². The highest BCUT2D eigenvalue weighted by molar-refractivity contribution is 9.10. The molecule has 1 heterocycles. The molecule has 3 nitrogen and oxygen atoms in total. The third kappa shape index (κ3) is 2.92. The fourth-order valence-electron chi connectivity index (χ4n) is 2.36. The van der Waals surface area contributed by atoms with Gasteiger partial charge in [-0.15, -0.1) is 0 Å². The highest BCUT2D eigenvalue weighted by atomic mass is 79.9. The number of amides is 1. The predicted molar refractivity (Wildman–Crippen MR) is 83.9 cm³/mol. The van der Waals surface area contributed by atoms with Crippen molar-refractivity contribution in [3.63, 3.8) is 0 Å². The maximum Gasteiger partial charge on any atom is 0.255 e. The van der Waals surface area contributed by atoms with Gasteiger partial charge < -0.3 is 10.6 Å². The van der Waals surface area contributed by atoms with Crippen molar-refractivity contribution >= 4 is 27.5 Å². The normalized spacial score (nSPS) is 13.7. The van der Waals surface area contributed by atoms with Gasteiger partial charge in [0.1, 0.15) is 0 Å². The number of halogens is 1. The topological polar surface area (TPSA) is 41.1 Å². The Bertz CT molecular complexity index is 637. The van der Waals surface area contributed by atoms with E-state index in [0.29, 0.717) is 5.56 Å². The molecule has 102 valence electrons. The number of carbonyl (C=O) groups is 1. The van der Waals surface area contributed by atoms with Crippen LogP contribution in [0.5, 0.6) is 0 Å². The minimum absolute atomic E-state index is 0.0822. The van der Waals surface area contributed by atoms with Crippen LogP contribution in [0.2, 0.25) is 0 Å². The van der Waals surface area contributed by atoms with E-state index >= 15 is 0 Å². The summed E-state index contributed by atoms with van der Waals surface area (Å²) < 4.78 is 0.967. The maximum atomic E-state index is 12.2. The van der Waals surface area contributed by atoms with Gasteiger partial charge in [-0.1, -0.05) is 22.0 Å². The monoisotopic (exact) mass is 330 g/mol. The first-order valence-electron chi connectivity index (χ1n) is 6.62. The van der Waals surface area contributed by atoms with Gasteiger partial charge in [-0.25, -0.2) is 0 Å². The van der Waals surface area contributed by atoms with E-state index in [1.54, 1.807) is 12.1 Å². The molecule has 20 heavy (non-hydrogen) atoms. The van der Waals surface area contributed by atoms with Crippen LogP contribution in [0.4, 0.5) is 5.69 Å². The van der Waals surface area contributed by atoms with Gasteiger partial charge in [0.2, 0.25) is 0 Å². The van der Waals surface area contributed by atoms with Gasteiger partial charge in [0.15, 0.2) is 0 Å². The van der Waals surface area contributed by atoms with E-state index in [2.05, 4.69) is 38.7 Å². The summed E-state index contributed by atoms with van der Waals surface area (Å²) in [6, 6.07) is 13.5. The zero-order chi connectivity index (χ0) is 13.9. The average Bonchev–Trinajstić information content (AvgIpc) is 2.48. The summed E-state index contributed by atoms with van der Waals surface area (Å²) in [5.74, 6) is -0.0822. The molecule has 0 fully saturated rings. The summed E-state index contributed by atoms with van der Waals surface area (Å²) in [5, 5.41) is 6.29. The molecule has 0 aliphatic carbocycles. The summed E-state index contributed by atoms with van der Waals surface area (Å²) in [6.45, 7) is 1.90. The highest BCUT2D eigenvalue weighted by Crippen LogP contribution is 2.20. The van der Waals surface area contributed by atoms with Crippen LogP contribution in [0.1, 0.15) is 21.5 Å². The molecule has 0 aromatic heterocycles. The van der Waals surface area contributed by atoms with Gasteiger partial charge in [-0.05, 0) is 60.5 Å². The van der Waals surface area contributed by atoms with Crippen LogP contribution in [-0.4, -0.2) is 12.5 Å². The first-order chi connectivity index (χ1) is 9.72. The van der Waals surface area contributed by atoms with Crippen molar-refractivity contribution in [2.75, 3.05) is 11.9 Å². The van der Waals surface area contributed by atoms with Crippen molar-refractivity contribution in [3.8, 4) is 0 Å². The van der Waals surface area contributed by atoms with Crippen molar-refractivity contribution < 1.29 is 4.79 Å². The van der Waals surface area contributed by atoms with E-state index in [4.69, 9.17) is 0 Å². The third-order valence-electron chi connectivity index (χ3n) is 3.46. The van der Waals surface area contributed by atoms with Gasteiger partial charge in [0, 0.05) is 22.3 Å². The number of nitrogens with one attached hydrogen (secondary N) is 2. The van der Waals surface area contributed by atoms with Crippen molar-refractivity contribution in [2.24, 2.45) is 0 Å².